The number of aryl methyl sites for hydroxylation is 1. The van der Waals surface area contributed by atoms with Gasteiger partial charge in [0.2, 0.25) is 11.8 Å². The van der Waals surface area contributed by atoms with E-state index in [1.54, 1.807) is 18.2 Å². The zero-order valence-electron chi connectivity index (χ0n) is 14.2. The van der Waals surface area contributed by atoms with Gasteiger partial charge in [-0.3, -0.25) is 14.2 Å². The van der Waals surface area contributed by atoms with Crippen molar-refractivity contribution in [2.45, 2.75) is 38.6 Å². The van der Waals surface area contributed by atoms with E-state index in [9.17, 15) is 14.4 Å². The monoisotopic (exact) mass is 345 g/mol. The van der Waals surface area contributed by atoms with Gasteiger partial charge in [-0.2, -0.15) is 0 Å². The van der Waals surface area contributed by atoms with Crippen molar-refractivity contribution in [3.05, 3.63) is 34.8 Å². The number of carbonyl (C=O) groups excluding carboxylic acids is 2. The highest BCUT2D eigenvalue weighted by molar-refractivity contribution is 5.77. The SMILES string of the molecule is O=C(CCn1c(=O)oc2ccccc21)NCCN1CCCCCC1=O. The summed E-state index contributed by atoms with van der Waals surface area (Å²) in [7, 11) is 0. The van der Waals surface area contributed by atoms with Crippen molar-refractivity contribution in [3.8, 4) is 0 Å². The van der Waals surface area contributed by atoms with Gasteiger partial charge in [-0.15, -0.1) is 0 Å². The molecule has 3 rings (SSSR count). The lowest BCUT2D eigenvalue weighted by atomic mass is 10.2. The maximum absolute atomic E-state index is 12.0. The minimum Gasteiger partial charge on any atom is -0.408 e. The number of carbonyl (C=O) groups is 2. The molecule has 25 heavy (non-hydrogen) atoms. The molecule has 0 radical (unpaired) electrons. The van der Waals surface area contributed by atoms with Crippen LogP contribution in [-0.2, 0) is 16.1 Å². The van der Waals surface area contributed by atoms with Crippen LogP contribution in [0.5, 0.6) is 0 Å². The summed E-state index contributed by atoms with van der Waals surface area (Å²) in [6.07, 6.45) is 3.86. The fourth-order valence-electron chi connectivity index (χ4n) is 3.13. The Morgan fingerprint density at radius 3 is 2.84 bits per heavy atom. The van der Waals surface area contributed by atoms with E-state index in [-0.39, 0.29) is 24.8 Å². The lowest BCUT2D eigenvalue weighted by Gasteiger charge is -2.20. The molecule has 0 aliphatic carbocycles. The fraction of sp³-hybridized carbons (Fsp3) is 0.500. The number of amides is 2. The van der Waals surface area contributed by atoms with Crippen LogP contribution in [0.4, 0.5) is 0 Å². The Morgan fingerprint density at radius 1 is 1.12 bits per heavy atom. The predicted molar refractivity (Wildman–Crippen MR) is 93.1 cm³/mol. The Kier molecular flexibility index (Phi) is 5.53. The molecule has 7 nitrogen and oxygen atoms in total. The van der Waals surface area contributed by atoms with Crippen LogP contribution in [0.1, 0.15) is 32.1 Å². The normalized spacial score (nSPS) is 15.4. The van der Waals surface area contributed by atoms with Crippen molar-refractivity contribution in [2.24, 2.45) is 0 Å². The van der Waals surface area contributed by atoms with E-state index in [1.807, 2.05) is 11.0 Å². The molecule has 1 aromatic heterocycles. The summed E-state index contributed by atoms with van der Waals surface area (Å²) < 4.78 is 6.61. The number of aromatic nitrogens is 1. The maximum atomic E-state index is 12.0. The minimum atomic E-state index is -0.454. The van der Waals surface area contributed by atoms with Gasteiger partial charge >= 0.3 is 5.76 Å². The first-order valence-electron chi connectivity index (χ1n) is 8.78. The molecule has 7 heteroatoms. The van der Waals surface area contributed by atoms with Crippen LogP contribution < -0.4 is 11.1 Å². The Balaban J connectivity index is 1.47. The molecule has 1 fully saturated rings. The van der Waals surface area contributed by atoms with Crippen molar-refractivity contribution >= 4 is 22.9 Å². The van der Waals surface area contributed by atoms with Crippen LogP contribution in [0.15, 0.2) is 33.5 Å². The molecule has 0 bridgehead atoms. The molecule has 0 atom stereocenters. The third-order valence-electron chi connectivity index (χ3n) is 4.51. The van der Waals surface area contributed by atoms with E-state index in [2.05, 4.69) is 5.32 Å². The highest BCUT2D eigenvalue weighted by Gasteiger charge is 2.16. The maximum Gasteiger partial charge on any atom is 0.419 e. The van der Waals surface area contributed by atoms with Crippen molar-refractivity contribution in [2.75, 3.05) is 19.6 Å². The van der Waals surface area contributed by atoms with Crippen LogP contribution in [0, 0.1) is 0 Å². The summed E-state index contributed by atoms with van der Waals surface area (Å²) in [5.41, 5.74) is 1.21. The van der Waals surface area contributed by atoms with Gasteiger partial charge in [0.25, 0.3) is 0 Å². The van der Waals surface area contributed by atoms with Crippen molar-refractivity contribution < 1.29 is 14.0 Å². The van der Waals surface area contributed by atoms with Gasteiger partial charge in [0.15, 0.2) is 5.58 Å². The number of likely N-dealkylation sites (tertiary alicyclic amines) is 1. The van der Waals surface area contributed by atoms with E-state index in [1.165, 1.54) is 4.57 Å². The average Bonchev–Trinajstić information content (AvgIpc) is 2.78. The quantitative estimate of drug-likeness (QED) is 0.860. The van der Waals surface area contributed by atoms with Gasteiger partial charge in [0, 0.05) is 39.0 Å². The number of benzene rings is 1. The number of nitrogens with one attached hydrogen (secondary N) is 1. The van der Waals surface area contributed by atoms with Crippen molar-refractivity contribution in [1.82, 2.24) is 14.8 Å². The second-order valence-corrected chi connectivity index (χ2v) is 6.28. The number of oxazole rings is 1. The molecule has 0 spiro atoms. The van der Waals surface area contributed by atoms with E-state index < -0.39 is 5.76 Å². The third kappa shape index (κ3) is 4.29. The number of fused-ring (bicyclic) bond motifs is 1. The Hall–Kier alpha value is -2.57. The molecule has 1 aliphatic rings. The van der Waals surface area contributed by atoms with Crippen LogP contribution in [0.3, 0.4) is 0 Å². The zero-order valence-corrected chi connectivity index (χ0v) is 14.2. The number of nitrogens with zero attached hydrogens (tertiary/aromatic N) is 2. The van der Waals surface area contributed by atoms with Crippen molar-refractivity contribution in [1.29, 1.82) is 0 Å². The lowest BCUT2D eigenvalue weighted by molar-refractivity contribution is -0.131. The smallest absolute Gasteiger partial charge is 0.408 e. The van der Waals surface area contributed by atoms with Gasteiger partial charge in [0.05, 0.1) is 5.52 Å². The molecule has 0 saturated carbocycles. The van der Waals surface area contributed by atoms with Crippen molar-refractivity contribution in [3.63, 3.8) is 0 Å². The standard InChI is InChI=1S/C18H23N3O4/c22-16(19-10-13-20-11-5-1-2-8-17(20)23)9-12-21-14-6-3-4-7-15(14)25-18(21)24/h3-4,6-7H,1-2,5,8-13H2,(H,19,22). The highest BCUT2D eigenvalue weighted by Crippen LogP contribution is 2.12. The molecule has 2 aromatic rings. The molecule has 1 N–H and O–H groups in total. The van der Waals surface area contributed by atoms with Crippen LogP contribution in [0.25, 0.3) is 11.1 Å². The molecular weight excluding hydrogens is 322 g/mol. The first-order valence-corrected chi connectivity index (χ1v) is 8.78. The van der Waals surface area contributed by atoms with Crippen LogP contribution >= 0.6 is 0 Å². The first-order chi connectivity index (χ1) is 12.1. The molecular formula is C18H23N3O4. The number of para-hydroxylation sites is 2. The fourth-order valence-corrected chi connectivity index (χ4v) is 3.13. The lowest BCUT2D eigenvalue weighted by Crippen LogP contribution is -2.38. The Bertz CT molecular complexity index is 808. The van der Waals surface area contributed by atoms with E-state index in [4.69, 9.17) is 4.42 Å². The largest absolute Gasteiger partial charge is 0.419 e. The molecule has 1 saturated heterocycles. The van der Waals surface area contributed by atoms with Crippen LogP contribution in [0.2, 0.25) is 0 Å². The summed E-state index contributed by atoms with van der Waals surface area (Å²) in [6, 6.07) is 7.15. The minimum absolute atomic E-state index is 0.139. The Morgan fingerprint density at radius 2 is 1.96 bits per heavy atom. The van der Waals surface area contributed by atoms with E-state index >= 15 is 0 Å². The molecule has 2 heterocycles. The average molecular weight is 345 g/mol. The molecule has 0 unspecified atom stereocenters. The second-order valence-electron chi connectivity index (χ2n) is 6.28. The summed E-state index contributed by atoms with van der Waals surface area (Å²) in [5, 5.41) is 2.82. The van der Waals surface area contributed by atoms with Gasteiger partial charge in [-0.05, 0) is 25.0 Å². The van der Waals surface area contributed by atoms with Gasteiger partial charge in [0.1, 0.15) is 0 Å². The van der Waals surface area contributed by atoms with Gasteiger partial charge < -0.3 is 14.6 Å². The summed E-state index contributed by atoms with van der Waals surface area (Å²) in [5.74, 6) is -0.424. The predicted octanol–water partition coefficient (Wildman–Crippen LogP) is 1.50. The van der Waals surface area contributed by atoms with E-state index in [0.29, 0.717) is 30.6 Å². The molecule has 1 aromatic carbocycles. The summed E-state index contributed by atoms with van der Waals surface area (Å²) in [4.78, 5) is 37.6. The second kappa shape index (κ2) is 8.00. The van der Waals surface area contributed by atoms with Crippen LogP contribution in [-0.4, -0.2) is 40.9 Å². The van der Waals surface area contributed by atoms with E-state index in [0.717, 1.165) is 25.8 Å². The molecule has 134 valence electrons. The number of hydrogen-bond donors (Lipinski definition) is 1. The van der Waals surface area contributed by atoms with Gasteiger partial charge in [-0.1, -0.05) is 18.6 Å². The number of rotatable bonds is 6. The topological polar surface area (TPSA) is 84.5 Å². The number of hydrogen-bond acceptors (Lipinski definition) is 4. The summed E-state index contributed by atoms with van der Waals surface area (Å²) in [6.45, 7) is 2.01. The molecule has 1 aliphatic heterocycles. The molecule has 2 amide bonds. The Labute approximate surface area is 145 Å². The van der Waals surface area contributed by atoms with Gasteiger partial charge in [-0.25, -0.2) is 4.79 Å². The summed E-state index contributed by atoms with van der Waals surface area (Å²) >= 11 is 0. The first kappa shape index (κ1) is 17.3. The third-order valence-corrected chi connectivity index (χ3v) is 4.51. The highest BCUT2D eigenvalue weighted by atomic mass is 16.4. The zero-order chi connectivity index (χ0) is 17.6.